The van der Waals surface area contributed by atoms with Crippen molar-refractivity contribution < 1.29 is 120 Å². The normalized spacial score (nSPS) is 36.4. The van der Waals surface area contributed by atoms with Crippen LogP contribution < -0.4 is 18.9 Å². The Balaban J connectivity index is 1.21. The molecule has 74 heavy (non-hydrogen) atoms. The minimum Gasteiger partial charge on any atom is -0.462 e. The van der Waals surface area contributed by atoms with Crippen molar-refractivity contribution in [3.05, 3.63) is 119 Å². The number of aliphatic hydroxyl groups is 16. The van der Waals surface area contributed by atoms with E-state index in [2.05, 4.69) is 0 Å². The summed E-state index contributed by atoms with van der Waals surface area (Å²) in [6, 6.07) is 25.4. The molecule has 0 amide bonds. The first kappa shape index (κ1) is 55.3. The lowest BCUT2D eigenvalue weighted by atomic mass is 9.85. The summed E-state index contributed by atoms with van der Waals surface area (Å²) in [6.07, 6.45) is -31.2. The minimum atomic E-state index is -1.71. The Labute approximate surface area is 421 Å². The third-order valence-electron chi connectivity index (χ3n) is 13.2. The van der Waals surface area contributed by atoms with E-state index in [9.17, 15) is 81.7 Å². The van der Waals surface area contributed by atoms with Crippen LogP contribution in [0.15, 0.2) is 97.1 Å². The Kier molecular flexibility index (Phi) is 17.9. The smallest absolute Gasteiger partial charge is 0.229 e. The summed E-state index contributed by atoms with van der Waals surface area (Å²) in [5.74, 6) is 0.525. The Morgan fingerprint density at radius 2 is 0.446 bits per heavy atom. The van der Waals surface area contributed by atoms with Crippen LogP contribution in [0.5, 0.6) is 23.0 Å². The average molecular weight is 1050 g/mol. The van der Waals surface area contributed by atoms with Crippen LogP contribution in [-0.2, 0) is 18.9 Å². The second kappa shape index (κ2) is 23.9. The van der Waals surface area contributed by atoms with Crippen molar-refractivity contribution in [1.82, 2.24) is 0 Å². The van der Waals surface area contributed by atoms with Crippen LogP contribution >= 0.6 is 0 Å². The molecule has 4 fully saturated rings. The topological polar surface area (TPSA) is 398 Å². The Morgan fingerprint density at radius 3 is 0.608 bits per heavy atom. The van der Waals surface area contributed by atoms with E-state index in [0.717, 1.165) is 0 Å². The van der Waals surface area contributed by atoms with E-state index in [4.69, 9.17) is 37.9 Å². The molecule has 4 aliphatic heterocycles. The van der Waals surface area contributed by atoms with Gasteiger partial charge in [-0.25, -0.2) is 0 Å². The van der Waals surface area contributed by atoms with E-state index >= 15 is 0 Å². The van der Waals surface area contributed by atoms with Crippen LogP contribution in [0, 0.1) is 0 Å². The SMILES string of the molecule is OC[C@@H]1O[C@@H](Oc2ccc(C(=C(c3ccc(O[C@@H]4O[C@@H](CO)[C@H](O)[C@@H](O)[C@H]4O)cc3)c3ccc(O[C@@H]4O[C@@H](CO)[C@H](O)[C@@H](O)[C@H]4O)cc3)c3ccc(O[C@@H]4O[C@@H](CO)[C@H](O)[C@@H](O)[C@H]4O)cc3)cc2)[C@H](O)[C@H](O)[C@H]1O. The molecule has 24 heteroatoms. The van der Waals surface area contributed by atoms with Crippen molar-refractivity contribution in [2.75, 3.05) is 26.4 Å². The van der Waals surface area contributed by atoms with Crippen LogP contribution in [0.25, 0.3) is 11.1 Å². The van der Waals surface area contributed by atoms with Crippen molar-refractivity contribution in [3.63, 3.8) is 0 Å². The maximum atomic E-state index is 10.7. The third kappa shape index (κ3) is 11.6. The highest BCUT2D eigenvalue weighted by molar-refractivity contribution is 6.04. The summed E-state index contributed by atoms with van der Waals surface area (Å²) in [6.45, 7) is -2.74. The van der Waals surface area contributed by atoms with E-state index in [1.807, 2.05) is 0 Å². The Hall–Kier alpha value is -4.98. The summed E-state index contributed by atoms with van der Waals surface area (Å²) in [4.78, 5) is 0. The molecule has 0 spiro atoms. The van der Waals surface area contributed by atoms with Crippen LogP contribution in [-0.4, -0.2) is 231 Å². The molecular formula is C50H60O24. The highest BCUT2D eigenvalue weighted by atomic mass is 16.7. The number of ether oxygens (including phenoxy) is 8. The van der Waals surface area contributed by atoms with Gasteiger partial charge in [-0.15, -0.1) is 0 Å². The van der Waals surface area contributed by atoms with E-state index in [1.54, 1.807) is 48.5 Å². The molecule has 0 aromatic heterocycles. The van der Waals surface area contributed by atoms with Gasteiger partial charge in [0.15, 0.2) is 0 Å². The first-order valence-electron chi connectivity index (χ1n) is 23.5. The van der Waals surface area contributed by atoms with E-state index in [1.165, 1.54) is 48.5 Å². The van der Waals surface area contributed by atoms with Crippen molar-refractivity contribution in [2.45, 2.75) is 123 Å². The van der Waals surface area contributed by atoms with Gasteiger partial charge in [-0.1, -0.05) is 48.5 Å². The molecule has 20 atom stereocenters. The van der Waals surface area contributed by atoms with Gasteiger partial charge in [0.1, 0.15) is 121 Å². The lowest BCUT2D eigenvalue weighted by molar-refractivity contribution is -0.277. The number of hydrogen-bond donors (Lipinski definition) is 16. The van der Waals surface area contributed by atoms with Gasteiger partial charge in [0.05, 0.1) is 26.4 Å². The fourth-order valence-electron chi connectivity index (χ4n) is 8.91. The quantitative estimate of drug-likeness (QED) is 0.0470. The fraction of sp³-hybridized carbons (Fsp3) is 0.480. The van der Waals surface area contributed by atoms with E-state index in [0.29, 0.717) is 33.4 Å². The van der Waals surface area contributed by atoms with Crippen molar-refractivity contribution in [3.8, 4) is 23.0 Å². The molecule has 16 N–H and O–H groups in total. The monoisotopic (exact) mass is 1040 g/mol. The maximum absolute atomic E-state index is 10.7. The summed E-state index contributed by atoms with van der Waals surface area (Å²) < 4.78 is 45.8. The average Bonchev–Trinajstić information content (AvgIpc) is 3.42. The molecule has 24 nitrogen and oxygen atoms in total. The summed E-state index contributed by atoms with van der Waals surface area (Å²) in [7, 11) is 0. The number of benzene rings is 4. The fourth-order valence-corrected chi connectivity index (χ4v) is 8.91. The van der Waals surface area contributed by atoms with E-state index in [-0.39, 0.29) is 23.0 Å². The lowest BCUT2D eigenvalue weighted by Gasteiger charge is -2.39. The Bertz CT molecular complexity index is 2100. The maximum Gasteiger partial charge on any atom is 0.229 e. The largest absolute Gasteiger partial charge is 0.462 e. The van der Waals surface area contributed by atoms with Gasteiger partial charge in [0.2, 0.25) is 25.2 Å². The van der Waals surface area contributed by atoms with E-state index < -0.39 is 149 Å². The number of hydrogen-bond acceptors (Lipinski definition) is 24. The zero-order chi connectivity index (χ0) is 53.1. The zero-order valence-electron chi connectivity index (χ0n) is 39.0. The first-order valence-corrected chi connectivity index (χ1v) is 23.5. The highest BCUT2D eigenvalue weighted by Gasteiger charge is 2.48. The van der Waals surface area contributed by atoms with Gasteiger partial charge in [-0.05, 0) is 81.9 Å². The van der Waals surface area contributed by atoms with Gasteiger partial charge in [0, 0.05) is 0 Å². The van der Waals surface area contributed by atoms with Gasteiger partial charge in [0.25, 0.3) is 0 Å². The first-order chi connectivity index (χ1) is 35.5. The molecule has 0 bridgehead atoms. The van der Waals surface area contributed by atoms with Crippen LogP contribution in [0.1, 0.15) is 22.3 Å². The predicted molar refractivity (Wildman–Crippen MR) is 248 cm³/mol. The van der Waals surface area contributed by atoms with Crippen LogP contribution in [0.2, 0.25) is 0 Å². The predicted octanol–water partition coefficient (Wildman–Crippen LogP) is -4.59. The van der Waals surface area contributed by atoms with Crippen molar-refractivity contribution in [1.29, 1.82) is 0 Å². The van der Waals surface area contributed by atoms with Gasteiger partial charge in [-0.2, -0.15) is 0 Å². The molecule has 404 valence electrons. The molecule has 4 saturated heterocycles. The van der Waals surface area contributed by atoms with Gasteiger partial charge >= 0.3 is 0 Å². The molecule has 8 rings (SSSR count). The second-order valence-corrected chi connectivity index (χ2v) is 18.1. The molecule has 0 saturated carbocycles. The van der Waals surface area contributed by atoms with Crippen molar-refractivity contribution >= 4 is 11.1 Å². The second-order valence-electron chi connectivity index (χ2n) is 18.1. The molecular weight excluding hydrogens is 985 g/mol. The standard InChI is InChI=1S/C50H60O24/c51-17-29-35(55)39(59)43(63)47(71-29)67-25-9-1-21(2-10-25)33(22-3-11-26(12-4-22)68-48-44(64)40(60)36(56)30(18-52)72-48)34(23-5-13-27(14-6-23)69-49-45(65)41(61)37(57)31(19-53)73-49)24-7-15-28(16-8-24)70-50-46(66)42(62)38(58)32(20-54)74-50/h1-16,29-32,35-66H,17-20H2/t29-,30-,31-,32-,35-,36-,37-,38-,39+,40+,41+,42+,43+,44+,45+,46+,47+,48+,49+,50+/m0/s1. The van der Waals surface area contributed by atoms with Crippen LogP contribution in [0.4, 0.5) is 0 Å². The Morgan fingerprint density at radius 1 is 0.270 bits per heavy atom. The molecule has 0 unspecified atom stereocenters. The molecule has 4 aromatic rings. The molecule has 4 heterocycles. The van der Waals surface area contributed by atoms with Gasteiger partial charge in [-0.3, -0.25) is 0 Å². The van der Waals surface area contributed by atoms with Crippen molar-refractivity contribution in [2.24, 2.45) is 0 Å². The number of aliphatic hydroxyl groups excluding tert-OH is 16. The number of rotatable bonds is 16. The minimum absolute atomic E-state index is 0.131. The molecule has 0 aliphatic carbocycles. The summed E-state index contributed by atoms with van der Waals surface area (Å²) in [5.41, 5.74) is 3.01. The highest BCUT2D eigenvalue weighted by Crippen LogP contribution is 2.40. The molecule has 4 aliphatic rings. The van der Waals surface area contributed by atoms with Crippen LogP contribution in [0.3, 0.4) is 0 Å². The van der Waals surface area contributed by atoms with Gasteiger partial charge < -0.3 is 120 Å². The lowest BCUT2D eigenvalue weighted by Crippen LogP contribution is -2.60. The summed E-state index contributed by atoms with van der Waals surface area (Å²) in [5, 5.41) is 165. The molecule has 4 aromatic carbocycles. The summed E-state index contributed by atoms with van der Waals surface area (Å²) >= 11 is 0. The molecule has 0 radical (unpaired) electrons. The zero-order valence-corrected chi connectivity index (χ0v) is 39.0. The third-order valence-corrected chi connectivity index (χ3v) is 13.2.